The Morgan fingerprint density at radius 1 is 1.38 bits per heavy atom. The van der Waals surface area contributed by atoms with Gasteiger partial charge in [0.15, 0.2) is 0 Å². The molecule has 90 valence electrons. The molecular weight excluding hydrogens is 200 g/mol. The summed E-state index contributed by atoms with van der Waals surface area (Å²) in [5.74, 6) is 0.726. The van der Waals surface area contributed by atoms with E-state index in [-0.39, 0.29) is 5.60 Å². The third-order valence-corrected chi connectivity index (χ3v) is 4.12. The molecule has 0 aromatic rings. The van der Waals surface area contributed by atoms with Crippen molar-refractivity contribution in [3.05, 3.63) is 12.2 Å². The first-order valence-corrected chi connectivity index (χ1v) is 6.69. The van der Waals surface area contributed by atoms with Gasteiger partial charge in [0, 0.05) is 6.42 Å². The lowest BCUT2D eigenvalue weighted by Gasteiger charge is -2.41. The molecule has 2 heteroatoms. The molecule has 2 heterocycles. The maximum atomic E-state index is 6.37. The van der Waals surface area contributed by atoms with Crippen molar-refractivity contribution in [3.8, 4) is 0 Å². The first kappa shape index (κ1) is 10.8. The maximum Gasteiger partial charge on any atom is 0.115 e. The van der Waals surface area contributed by atoms with Crippen LogP contribution in [0.4, 0.5) is 0 Å². The van der Waals surface area contributed by atoms with E-state index in [0.29, 0.717) is 18.3 Å². The first-order valence-electron chi connectivity index (χ1n) is 6.69. The fourth-order valence-corrected chi connectivity index (χ4v) is 3.49. The third kappa shape index (κ3) is 1.72. The number of fused-ring (bicyclic) bond motifs is 1. The van der Waals surface area contributed by atoms with Crippen LogP contribution in [0.2, 0.25) is 0 Å². The Kier molecular flexibility index (Phi) is 2.60. The molecule has 2 fully saturated rings. The van der Waals surface area contributed by atoms with Gasteiger partial charge in [-0.3, -0.25) is 0 Å². The van der Waals surface area contributed by atoms with Crippen LogP contribution < -0.4 is 0 Å². The SMILES string of the molecule is CC(C)CC1CCC2OC3CC=CC2(C3)O1. The van der Waals surface area contributed by atoms with E-state index in [2.05, 4.69) is 26.0 Å². The number of hydrogen-bond acceptors (Lipinski definition) is 2. The fraction of sp³-hybridized carbons (Fsp3) is 0.857. The van der Waals surface area contributed by atoms with Gasteiger partial charge in [-0.1, -0.05) is 26.0 Å². The average molecular weight is 222 g/mol. The summed E-state index contributed by atoms with van der Waals surface area (Å²) in [6.07, 6.45) is 11.4. The predicted octanol–water partition coefficient (Wildman–Crippen LogP) is 3.07. The molecule has 0 N–H and O–H groups in total. The summed E-state index contributed by atoms with van der Waals surface area (Å²) in [5.41, 5.74) is -0.0548. The van der Waals surface area contributed by atoms with Gasteiger partial charge >= 0.3 is 0 Å². The molecule has 1 spiro atoms. The Bertz CT molecular complexity index is 297. The molecule has 0 saturated carbocycles. The highest BCUT2D eigenvalue weighted by molar-refractivity contribution is 5.18. The first-order chi connectivity index (χ1) is 7.68. The molecular formula is C14H22O2. The third-order valence-electron chi connectivity index (χ3n) is 4.12. The van der Waals surface area contributed by atoms with Crippen LogP contribution in [-0.2, 0) is 9.47 Å². The van der Waals surface area contributed by atoms with E-state index < -0.39 is 0 Å². The minimum absolute atomic E-state index is 0.0548. The van der Waals surface area contributed by atoms with Crippen molar-refractivity contribution < 1.29 is 9.47 Å². The summed E-state index contributed by atoms with van der Waals surface area (Å²) in [6, 6.07) is 0. The minimum Gasteiger partial charge on any atom is -0.371 e. The molecule has 2 aliphatic heterocycles. The van der Waals surface area contributed by atoms with Gasteiger partial charge in [0.1, 0.15) is 5.60 Å². The van der Waals surface area contributed by atoms with Crippen LogP contribution in [0.3, 0.4) is 0 Å². The standard InChI is InChI=1S/C14H22O2/c1-10(2)8-11-5-6-13-14(16-11)7-3-4-12(9-14)15-13/h3,7,10-13H,4-6,8-9H2,1-2H3. The Balaban J connectivity index is 1.75. The predicted molar refractivity (Wildman–Crippen MR) is 63.3 cm³/mol. The summed E-state index contributed by atoms with van der Waals surface area (Å²) >= 11 is 0. The van der Waals surface area contributed by atoms with Crippen LogP contribution in [0.1, 0.15) is 46.0 Å². The highest BCUT2D eigenvalue weighted by atomic mass is 16.6. The van der Waals surface area contributed by atoms with E-state index in [1.54, 1.807) is 0 Å². The smallest absolute Gasteiger partial charge is 0.115 e. The van der Waals surface area contributed by atoms with Crippen LogP contribution in [0.5, 0.6) is 0 Å². The molecule has 16 heavy (non-hydrogen) atoms. The second-order valence-corrected chi connectivity index (χ2v) is 5.99. The van der Waals surface area contributed by atoms with Crippen LogP contribution in [0, 0.1) is 5.92 Å². The van der Waals surface area contributed by atoms with E-state index in [0.717, 1.165) is 18.8 Å². The Hall–Kier alpha value is -0.340. The monoisotopic (exact) mass is 222 g/mol. The van der Waals surface area contributed by atoms with Crippen molar-refractivity contribution in [2.75, 3.05) is 0 Å². The molecule has 2 bridgehead atoms. The van der Waals surface area contributed by atoms with Gasteiger partial charge in [-0.25, -0.2) is 0 Å². The number of rotatable bonds is 2. The van der Waals surface area contributed by atoms with Crippen LogP contribution >= 0.6 is 0 Å². The second kappa shape index (κ2) is 3.85. The molecule has 0 aromatic carbocycles. The van der Waals surface area contributed by atoms with Gasteiger partial charge in [-0.2, -0.15) is 0 Å². The van der Waals surface area contributed by atoms with Crippen molar-refractivity contribution in [1.29, 1.82) is 0 Å². The largest absolute Gasteiger partial charge is 0.371 e. The average Bonchev–Trinajstić information content (AvgIpc) is 2.46. The summed E-state index contributed by atoms with van der Waals surface area (Å²) in [6.45, 7) is 4.55. The quantitative estimate of drug-likeness (QED) is 0.668. The Labute approximate surface area is 98.0 Å². The molecule has 1 aliphatic carbocycles. The summed E-state index contributed by atoms with van der Waals surface area (Å²) < 4.78 is 12.4. The highest BCUT2D eigenvalue weighted by Gasteiger charge is 2.52. The van der Waals surface area contributed by atoms with Gasteiger partial charge in [0.2, 0.25) is 0 Å². The fourth-order valence-electron chi connectivity index (χ4n) is 3.49. The van der Waals surface area contributed by atoms with Crippen LogP contribution in [0.15, 0.2) is 12.2 Å². The van der Waals surface area contributed by atoms with E-state index in [4.69, 9.17) is 9.47 Å². The lowest BCUT2D eigenvalue weighted by atomic mass is 9.82. The molecule has 0 aromatic heterocycles. The normalized spacial score (nSPS) is 46.1. The van der Waals surface area contributed by atoms with E-state index in [9.17, 15) is 0 Å². The lowest BCUT2D eigenvalue weighted by Crippen LogP contribution is -2.47. The summed E-state index contributed by atoms with van der Waals surface area (Å²) in [7, 11) is 0. The van der Waals surface area contributed by atoms with Gasteiger partial charge in [-0.05, 0) is 31.6 Å². The van der Waals surface area contributed by atoms with Crippen molar-refractivity contribution in [2.45, 2.75) is 69.9 Å². The second-order valence-electron chi connectivity index (χ2n) is 5.99. The van der Waals surface area contributed by atoms with E-state index >= 15 is 0 Å². The molecule has 4 atom stereocenters. The molecule has 0 amide bonds. The summed E-state index contributed by atoms with van der Waals surface area (Å²) in [5, 5.41) is 0. The van der Waals surface area contributed by atoms with Gasteiger partial charge < -0.3 is 9.47 Å². The van der Waals surface area contributed by atoms with Crippen molar-refractivity contribution in [1.82, 2.24) is 0 Å². The number of ether oxygens (including phenoxy) is 2. The lowest BCUT2D eigenvalue weighted by molar-refractivity contribution is -0.142. The maximum absolute atomic E-state index is 6.37. The zero-order chi connectivity index (χ0) is 11.2. The molecule has 0 radical (unpaired) electrons. The molecule has 2 nitrogen and oxygen atoms in total. The number of hydrogen-bond donors (Lipinski definition) is 0. The zero-order valence-corrected chi connectivity index (χ0v) is 10.3. The topological polar surface area (TPSA) is 18.5 Å². The van der Waals surface area contributed by atoms with Gasteiger partial charge in [0.25, 0.3) is 0 Å². The van der Waals surface area contributed by atoms with Gasteiger partial charge in [0.05, 0.1) is 18.3 Å². The van der Waals surface area contributed by atoms with Crippen LogP contribution in [0.25, 0.3) is 0 Å². The zero-order valence-electron chi connectivity index (χ0n) is 10.3. The van der Waals surface area contributed by atoms with E-state index in [1.807, 2.05) is 0 Å². The Morgan fingerprint density at radius 2 is 2.25 bits per heavy atom. The van der Waals surface area contributed by atoms with Gasteiger partial charge in [-0.15, -0.1) is 0 Å². The van der Waals surface area contributed by atoms with Crippen molar-refractivity contribution in [2.24, 2.45) is 5.92 Å². The highest BCUT2D eigenvalue weighted by Crippen LogP contribution is 2.46. The minimum atomic E-state index is -0.0548. The van der Waals surface area contributed by atoms with Crippen molar-refractivity contribution >= 4 is 0 Å². The molecule has 3 aliphatic rings. The molecule has 4 unspecified atom stereocenters. The van der Waals surface area contributed by atoms with Crippen LogP contribution in [-0.4, -0.2) is 23.9 Å². The van der Waals surface area contributed by atoms with Crippen molar-refractivity contribution in [3.63, 3.8) is 0 Å². The molecule has 3 rings (SSSR count). The molecule has 2 saturated heterocycles. The summed E-state index contributed by atoms with van der Waals surface area (Å²) in [4.78, 5) is 0. The Morgan fingerprint density at radius 3 is 3.06 bits per heavy atom. The van der Waals surface area contributed by atoms with E-state index in [1.165, 1.54) is 19.3 Å².